The minimum Gasteiger partial charge on any atom is -0.383 e. The maximum atomic E-state index is 9.57. The Hall–Kier alpha value is -0.670. The van der Waals surface area contributed by atoms with Crippen LogP contribution in [0.5, 0.6) is 0 Å². The van der Waals surface area contributed by atoms with Crippen molar-refractivity contribution in [2.45, 2.75) is 26.9 Å². The number of aryl methyl sites for hydroxylation is 1. The quantitative estimate of drug-likeness (QED) is 0.714. The lowest BCUT2D eigenvalue weighted by molar-refractivity contribution is 0.223. The van der Waals surface area contributed by atoms with Crippen LogP contribution in [0.3, 0.4) is 0 Å². The summed E-state index contributed by atoms with van der Waals surface area (Å²) in [5, 5.41) is 12.5. The van der Waals surface area contributed by atoms with E-state index in [9.17, 15) is 5.11 Å². The van der Waals surface area contributed by atoms with Crippen LogP contribution in [0.4, 0.5) is 0 Å². The van der Waals surface area contributed by atoms with Gasteiger partial charge in [-0.3, -0.25) is 0 Å². The first kappa shape index (κ1) is 9.42. The van der Waals surface area contributed by atoms with Crippen LogP contribution in [-0.4, -0.2) is 10.1 Å². The maximum absolute atomic E-state index is 9.57. The molecule has 1 rings (SSSR count). The van der Waals surface area contributed by atoms with Crippen molar-refractivity contribution in [1.29, 1.82) is 0 Å². The van der Waals surface area contributed by atoms with Gasteiger partial charge >= 0.3 is 0 Å². The molecule has 1 aromatic heterocycles. The molecule has 0 aliphatic carbocycles. The molecule has 1 heterocycles. The zero-order chi connectivity index (χ0) is 9.14. The van der Waals surface area contributed by atoms with Gasteiger partial charge in [0.25, 0.3) is 0 Å². The Morgan fingerprint density at radius 2 is 2.33 bits per heavy atom. The Balaban J connectivity index is 2.78. The number of aromatic nitrogens is 1. The number of nitrogens with zero attached hydrogens (tertiary/aromatic N) is 1. The highest BCUT2D eigenvalue weighted by Gasteiger charge is 2.06. The van der Waals surface area contributed by atoms with E-state index in [1.54, 1.807) is 17.4 Å². The van der Waals surface area contributed by atoms with Gasteiger partial charge in [0.1, 0.15) is 6.10 Å². The lowest BCUT2D eigenvalue weighted by atomic mass is 10.2. The van der Waals surface area contributed by atoms with Crippen LogP contribution in [0, 0.1) is 6.92 Å². The van der Waals surface area contributed by atoms with Gasteiger partial charge in [-0.2, -0.15) is 0 Å². The van der Waals surface area contributed by atoms with E-state index in [1.165, 1.54) is 0 Å². The standard InChI is InChI=1S/C9H13NOS/c1-6(2)4-9(11)8-5-12-7(3)10-8/h4-5,9,11H,1-3H3. The molecule has 0 saturated carbocycles. The number of rotatable bonds is 2. The minimum absolute atomic E-state index is 0.542. The summed E-state index contributed by atoms with van der Waals surface area (Å²) in [7, 11) is 0. The van der Waals surface area contributed by atoms with Gasteiger partial charge in [-0.05, 0) is 20.8 Å². The normalized spacial score (nSPS) is 12.7. The van der Waals surface area contributed by atoms with Crippen molar-refractivity contribution in [3.63, 3.8) is 0 Å². The van der Waals surface area contributed by atoms with Crippen LogP contribution in [0.25, 0.3) is 0 Å². The Kier molecular flexibility index (Phi) is 3.00. The van der Waals surface area contributed by atoms with E-state index in [4.69, 9.17) is 0 Å². The zero-order valence-corrected chi connectivity index (χ0v) is 8.35. The molecule has 1 N–H and O–H groups in total. The first-order valence-corrected chi connectivity index (χ1v) is 4.72. The fraction of sp³-hybridized carbons (Fsp3) is 0.444. The minimum atomic E-state index is -0.542. The van der Waals surface area contributed by atoms with Gasteiger partial charge in [0.2, 0.25) is 0 Å². The average Bonchev–Trinajstić information content (AvgIpc) is 2.34. The monoisotopic (exact) mass is 183 g/mol. The van der Waals surface area contributed by atoms with Crippen LogP contribution in [0.2, 0.25) is 0 Å². The van der Waals surface area contributed by atoms with Crippen molar-refractivity contribution in [2.24, 2.45) is 0 Å². The van der Waals surface area contributed by atoms with E-state index >= 15 is 0 Å². The van der Waals surface area contributed by atoms with Crippen LogP contribution < -0.4 is 0 Å². The SMILES string of the molecule is CC(C)=CC(O)c1csc(C)n1. The number of allylic oxidation sites excluding steroid dienone is 1. The van der Waals surface area contributed by atoms with Gasteiger partial charge in [0, 0.05) is 5.38 Å². The van der Waals surface area contributed by atoms with E-state index in [0.29, 0.717) is 0 Å². The highest BCUT2D eigenvalue weighted by atomic mass is 32.1. The van der Waals surface area contributed by atoms with E-state index in [-0.39, 0.29) is 0 Å². The molecular weight excluding hydrogens is 170 g/mol. The molecule has 0 aliphatic heterocycles. The molecule has 12 heavy (non-hydrogen) atoms. The lowest BCUT2D eigenvalue weighted by Gasteiger charge is -2.01. The first-order chi connectivity index (χ1) is 5.59. The Labute approximate surface area is 76.6 Å². The molecule has 0 aromatic carbocycles. The molecular formula is C9H13NOS. The molecule has 0 saturated heterocycles. The Morgan fingerprint density at radius 3 is 2.75 bits per heavy atom. The van der Waals surface area contributed by atoms with Gasteiger partial charge in [-0.25, -0.2) is 4.98 Å². The third kappa shape index (κ3) is 2.43. The lowest BCUT2D eigenvalue weighted by Crippen LogP contribution is -1.93. The molecule has 2 nitrogen and oxygen atoms in total. The predicted molar refractivity (Wildman–Crippen MR) is 51.2 cm³/mol. The first-order valence-electron chi connectivity index (χ1n) is 3.84. The Bertz CT molecular complexity index is 286. The summed E-state index contributed by atoms with van der Waals surface area (Å²) >= 11 is 1.56. The van der Waals surface area contributed by atoms with Crippen LogP contribution >= 0.6 is 11.3 Å². The average molecular weight is 183 g/mol. The zero-order valence-electron chi connectivity index (χ0n) is 7.53. The summed E-state index contributed by atoms with van der Waals surface area (Å²) in [6.07, 6.45) is 1.26. The summed E-state index contributed by atoms with van der Waals surface area (Å²) in [4.78, 5) is 4.19. The van der Waals surface area contributed by atoms with Crippen LogP contribution in [0.1, 0.15) is 30.7 Å². The summed E-state index contributed by atoms with van der Waals surface area (Å²) < 4.78 is 0. The van der Waals surface area contributed by atoms with Gasteiger partial charge in [-0.15, -0.1) is 11.3 Å². The molecule has 0 radical (unpaired) electrons. The van der Waals surface area contributed by atoms with Crippen molar-refractivity contribution < 1.29 is 5.11 Å². The fourth-order valence-corrected chi connectivity index (χ4v) is 1.56. The molecule has 66 valence electrons. The maximum Gasteiger partial charge on any atom is 0.115 e. The summed E-state index contributed by atoms with van der Waals surface area (Å²) in [5.41, 5.74) is 1.85. The number of hydrogen-bond donors (Lipinski definition) is 1. The molecule has 1 unspecified atom stereocenters. The van der Waals surface area contributed by atoms with E-state index in [1.807, 2.05) is 26.2 Å². The second kappa shape index (κ2) is 3.83. The third-order valence-electron chi connectivity index (χ3n) is 1.43. The summed E-state index contributed by atoms with van der Waals surface area (Å²) in [5.74, 6) is 0. The van der Waals surface area contributed by atoms with E-state index < -0.39 is 6.10 Å². The van der Waals surface area contributed by atoms with Crippen molar-refractivity contribution >= 4 is 11.3 Å². The smallest absolute Gasteiger partial charge is 0.115 e. The number of aliphatic hydroxyl groups excluding tert-OH is 1. The van der Waals surface area contributed by atoms with Crippen molar-refractivity contribution in [3.8, 4) is 0 Å². The molecule has 0 bridgehead atoms. The van der Waals surface area contributed by atoms with Gasteiger partial charge in [-0.1, -0.05) is 11.6 Å². The second-order valence-electron chi connectivity index (χ2n) is 2.98. The van der Waals surface area contributed by atoms with Crippen molar-refractivity contribution in [1.82, 2.24) is 4.98 Å². The fourth-order valence-electron chi connectivity index (χ4n) is 0.917. The highest BCUT2D eigenvalue weighted by Crippen LogP contribution is 2.17. The summed E-state index contributed by atoms with van der Waals surface area (Å²) in [6.45, 7) is 5.86. The number of thiazole rings is 1. The van der Waals surface area contributed by atoms with E-state index in [0.717, 1.165) is 16.3 Å². The molecule has 3 heteroatoms. The second-order valence-corrected chi connectivity index (χ2v) is 4.04. The molecule has 1 atom stereocenters. The molecule has 0 aliphatic rings. The number of hydrogen-bond acceptors (Lipinski definition) is 3. The largest absolute Gasteiger partial charge is 0.383 e. The topological polar surface area (TPSA) is 33.1 Å². The number of aliphatic hydroxyl groups is 1. The third-order valence-corrected chi connectivity index (χ3v) is 2.22. The Morgan fingerprint density at radius 1 is 1.67 bits per heavy atom. The molecule has 0 spiro atoms. The van der Waals surface area contributed by atoms with Crippen LogP contribution in [0.15, 0.2) is 17.0 Å². The van der Waals surface area contributed by atoms with Gasteiger partial charge in [0.05, 0.1) is 10.7 Å². The molecule has 0 fully saturated rings. The molecule has 0 amide bonds. The summed E-state index contributed by atoms with van der Waals surface area (Å²) in [6, 6.07) is 0. The van der Waals surface area contributed by atoms with Gasteiger partial charge in [0.15, 0.2) is 0 Å². The molecule has 1 aromatic rings. The van der Waals surface area contributed by atoms with Crippen molar-refractivity contribution in [2.75, 3.05) is 0 Å². The van der Waals surface area contributed by atoms with Crippen molar-refractivity contribution in [3.05, 3.63) is 27.7 Å². The van der Waals surface area contributed by atoms with Gasteiger partial charge < -0.3 is 5.11 Å². The van der Waals surface area contributed by atoms with E-state index in [2.05, 4.69) is 4.98 Å². The predicted octanol–water partition coefficient (Wildman–Crippen LogP) is 2.45. The highest BCUT2D eigenvalue weighted by molar-refractivity contribution is 7.09. The van der Waals surface area contributed by atoms with Crippen LogP contribution in [-0.2, 0) is 0 Å².